The Bertz CT molecular complexity index is 642. The van der Waals surface area contributed by atoms with Crippen LogP contribution in [0.3, 0.4) is 0 Å². The molecule has 2 rings (SSSR count). The van der Waals surface area contributed by atoms with Crippen LogP contribution < -0.4 is 11.2 Å². The van der Waals surface area contributed by atoms with Crippen molar-refractivity contribution < 1.29 is 10.2 Å². The predicted octanol–water partition coefficient (Wildman–Crippen LogP) is -0.0630. The summed E-state index contributed by atoms with van der Waals surface area (Å²) in [6.45, 7) is 0. The van der Waals surface area contributed by atoms with Gasteiger partial charge in [0.2, 0.25) is 0 Å². The summed E-state index contributed by atoms with van der Waals surface area (Å²) in [6.07, 6.45) is 1.22. The predicted molar refractivity (Wildman–Crippen MR) is 56.0 cm³/mol. The van der Waals surface area contributed by atoms with E-state index in [0.717, 1.165) is 10.6 Å². The van der Waals surface area contributed by atoms with Crippen molar-refractivity contribution in [1.82, 2.24) is 9.55 Å². The summed E-state index contributed by atoms with van der Waals surface area (Å²) >= 11 is 0. The Balaban J connectivity index is 2.73. The number of phenolic OH excluding ortho intramolecular Hbond substituents is 2. The lowest BCUT2D eigenvalue weighted by Crippen LogP contribution is -2.27. The van der Waals surface area contributed by atoms with Crippen molar-refractivity contribution in [3.63, 3.8) is 0 Å². The molecule has 1 heterocycles. The fourth-order valence-corrected chi connectivity index (χ4v) is 1.32. The molecule has 0 saturated carbocycles. The zero-order valence-corrected chi connectivity index (χ0v) is 8.04. The van der Waals surface area contributed by atoms with Crippen molar-refractivity contribution >= 4 is 0 Å². The Kier molecular flexibility index (Phi) is 2.24. The van der Waals surface area contributed by atoms with Gasteiger partial charge in [0.1, 0.15) is 0 Å². The first-order valence-electron chi connectivity index (χ1n) is 4.43. The molecule has 0 amide bonds. The topological polar surface area (TPSA) is 95.3 Å². The second-order valence-corrected chi connectivity index (χ2v) is 3.13. The monoisotopic (exact) mass is 220 g/mol. The van der Waals surface area contributed by atoms with E-state index in [1.165, 1.54) is 24.4 Å². The number of nitrogens with zero attached hydrogens (tertiary/aromatic N) is 1. The summed E-state index contributed by atoms with van der Waals surface area (Å²) in [6, 6.07) is 5.34. The summed E-state index contributed by atoms with van der Waals surface area (Å²) in [5.41, 5.74) is -1.12. The van der Waals surface area contributed by atoms with Crippen molar-refractivity contribution in [3.05, 3.63) is 51.3 Å². The number of benzene rings is 1. The van der Waals surface area contributed by atoms with Gasteiger partial charge in [0.15, 0.2) is 11.5 Å². The van der Waals surface area contributed by atoms with Crippen molar-refractivity contribution in [1.29, 1.82) is 0 Å². The molecule has 0 aliphatic heterocycles. The van der Waals surface area contributed by atoms with Crippen LogP contribution in [0, 0.1) is 0 Å². The van der Waals surface area contributed by atoms with E-state index >= 15 is 0 Å². The molecule has 0 spiro atoms. The van der Waals surface area contributed by atoms with E-state index in [2.05, 4.69) is 0 Å². The summed E-state index contributed by atoms with van der Waals surface area (Å²) in [4.78, 5) is 24.3. The first kappa shape index (κ1) is 10.0. The third-order valence-electron chi connectivity index (χ3n) is 2.08. The van der Waals surface area contributed by atoms with E-state index in [1.54, 1.807) is 0 Å². The van der Waals surface area contributed by atoms with Crippen LogP contribution >= 0.6 is 0 Å². The molecule has 2 aromatic rings. The number of aromatic amines is 1. The van der Waals surface area contributed by atoms with E-state index in [9.17, 15) is 19.8 Å². The van der Waals surface area contributed by atoms with Crippen LogP contribution in [0.25, 0.3) is 5.69 Å². The number of hydrogen-bond donors (Lipinski definition) is 3. The van der Waals surface area contributed by atoms with Gasteiger partial charge in [-0.2, -0.15) is 0 Å². The van der Waals surface area contributed by atoms with Crippen molar-refractivity contribution in [3.8, 4) is 17.2 Å². The third-order valence-corrected chi connectivity index (χ3v) is 2.08. The maximum absolute atomic E-state index is 11.4. The molecule has 0 bridgehead atoms. The molecule has 0 saturated heterocycles. The molecule has 3 N–H and O–H groups in total. The van der Waals surface area contributed by atoms with Crippen LogP contribution in [0.1, 0.15) is 0 Å². The number of H-pyrrole nitrogens is 1. The number of para-hydroxylation sites is 1. The van der Waals surface area contributed by atoms with Gasteiger partial charge in [-0.15, -0.1) is 0 Å². The van der Waals surface area contributed by atoms with Crippen LogP contribution in [0.2, 0.25) is 0 Å². The molecule has 0 radical (unpaired) electrons. The molecule has 1 aromatic carbocycles. The molecule has 0 atom stereocenters. The highest BCUT2D eigenvalue weighted by Crippen LogP contribution is 2.29. The van der Waals surface area contributed by atoms with Crippen molar-refractivity contribution in [2.24, 2.45) is 0 Å². The van der Waals surface area contributed by atoms with E-state index in [1.807, 2.05) is 4.98 Å². The highest BCUT2D eigenvalue weighted by Gasteiger charge is 2.08. The number of aromatic nitrogens is 2. The lowest BCUT2D eigenvalue weighted by atomic mass is 10.2. The Morgan fingerprint density at radius 2 is 1.88 bits per heavy atom. The minimum Gasteiger partial charge on any atom is -0.504 e. The molecule has 82 valence electrons. The maximum atomic E-state index is 11.4. The Morgan fingerprint density at radius 3 is 2.56 bits per heavy atom. The first-order valence-corrected chi connectivity index (χ1v) is 4.43. The zero-order chi connectivity index (χ0) is 11.7. The minimum atomic E-state index is -0.687. The zero-order valence-electron chi connectivity index (χ0n) is 8.04. The fourth-order valence-electron chi connectivity index (χ4n) is 1.32. The maximum Gasteiger partial charge on any atom is 0.333 e. The van der Waals surface area contributed by atoms with Crippen LogP contribution in [0.4, 0.5) is 0 Å². The largest absolute Gasteiger partial charge is 0.504 e. The average molecular weight is 220 g/mol. The van der Waals surface area contributed by atoms with Crippen LogP contribution in [-0.4, -0.2) is 19.8 Å². The molecule has 16 heavy (non-hydrogen) atoms. The Morgan fingerprint density at radius 1 is 1.12 bits per heavy atom. The Hall–Kier alpha value is -2.50. The summed E-state index contributed by atoms with van der Waals surface area (Å²) in [7, 11) is 0. The lowest BCUT2D eigenvalue weighted by Gasteiger charge is -2.07. The van der Waals surface area contributed by atoms with Gasteiger partial charge in [0.05, 0.1) is 5.69 Å². The number of rotatable bonds is 1. The van der Waals surface area contributed by atoms with Gasteiger partial charge in [-0.25, -0.2) is 4.79 Å². The molecule has 0 aliphatic rings. The molecular weight excluding hydrogens is 212 g/mol. The second kappa shape index (κ2) is 3.58. The highest BCUT2D eigenvalue weighted by atomic mass is 16.3. The molecule has 6 heteroatoms. The highest BCUT2D eigenvalue weighted by molar-refractivity contribution is 5.53. The number of hydrogen-bond acceptors (Lipinski definition) is 4. The number of nitrogens with one attached hydrogen (secondary N) is 1. The normalized spacial score (nSPS) is 10.2. The first-order chi connectivity index (χ1) is 7.59. The molecule has 6 nitrogen and oxygen atoms in total. The molecule has 0 fully saturated rings. The Labute approximate surface area is 89.0 Å². The average Bonchev–Trinajstić information content (AvgIpc) is 2.23. The van der Waals surface area contributed by atoms with Crippen molar-refractivity contribution in [2.45, 2.75) is 0 Å². The van der Waals surface area contributed by atoms with Gasteiger partial charge < -0.3 is 10.2 Å². The minimum absolute atomic E-state index is 0.0984. The molecule has 0 unspecified atom stereocenters. The molecular formula is C10H8N2O4. The number of phenols is 2. The van der Waals surface area contributed by atoms with E-state index in [0.29, 0.717) is 0 Å². The second-order valence-electron chi connectivity index (χ2n) is 3.13. The summed E-state index contributed by atoms with van der Waals surface area (Å²) < 4.78 is 1.02. The van der Waals surface area contributed by atoms with Crippen LogP contribution in [0.15, 0.2) is 40.1 Å². The van der Waals surface area contributed by atoms with Crippen molar-refractivity contribution in [2.75, 3.05) is 0 Å². The van der Waals surface area contributed by atoms with Gasteiger partial charge in [-0.05, 0) is 12.1 Å². The third kappa shape index (κ3) is 1.56. The fraction of sp³-hybridized carbons (Fsp3) is 0. The lowest BCUT2D eigenvalue weighted by molar-refractivity contribution is 0.402. The van der Waals surface area contributed by atoms with Gasteiger partial charge in [0, 0.05) is 12.3 Å². The standard InChI is InChI=1S/C10H8N2O4/c13-7-3-1-2-6(9(7)15)12-5-4-8(14)11-10(12)16/h1-5,13,15H,(H,11,14,16). The van der Waals surface area contributed by atoms with E-state index in [4.69, 9.17) is 0 Å². The quantitative estimate of drug-likeness (QED) is 0.586. The summed E-state index contributed by atoms with van der Waals surface area (Å²) in [5.74, 6) is -0.757. The summed E-state index contributed by atoms with van der Waals surface area (Å²) in [5, 5.41) is 18.8. The SMILES string of the molecule is O=c1ccn(-c2cccc(O)c2O)c(=O)[nH]1. The van der Waals surface area contributed by atoms with E-state index in [-0.39, 0.29) is 11.4 Å². The van der Waals surface area contributed by atoms with Gasteiger partial charge in [-0.3, -0.25) is 14.3 Å². The van der Waals surface area contributed by atoms with Gasteiger partial charge in [-0.1, -0.05) is 6.07 Å². The van der Waals surface area contributed by atoms with Crippen LogP contribution in [0.5, 0.6) is 11.5 Å². The molecule has 1 aromatic heterocycles. The van der Waals surface area contributed by atoms with Gasteiger partial charge >= 0.3 is 5.69 Å². The molecule has 0 aliphatic carbocycles. The van der Waals surface area contributed by atoms with Crippen LogP contribution in [-0.2, 0) is 0 Å². The van der Waals surface area contributed by atoms with E-state index < -0.39 is 17.0 Å². The number of aromatic hydroxyl groups is 2. The van der Waals surface area contributed by atoms with Gasteiger partial charge in [0.25, 0.3) is 5.56 Å². The smallest absolute Gasteiger partial charge is 0.333 e.